The zero-order chi connectivity index (χ0) is 37.1. The highest BCUT2D eigenvalue weighted by Crippen LogP contribution is 2.53. The Morgan fingerprint density at radius 2 is 1.27 bits per heavy atom. The van der Waals surface area contributed by atoms with E-state index in [-0.39, 0.29) is 5.41 Å². The maximum atomic E-state index is 6.34. The first kappa shape index (κ1) is 32.6. The Kier molecular flexibility index (Phi) is 7.60. The van der Waals surface area contributed by atoms with Gasteiger partial charge in [0.25, 0.3) is 0 Å². The first-order valence-electron chi connectivity index (χ1n) is 18.6. The van der Waals surface area contributed by atoms with E-state index in [1.54, 1.807) is 6.08 Å². The molecule has 1 unspecified atom stereocenters. The van der Waals surface area contributed by atoms with Crippen molar-refractivity contribution in [3.05, 3.63) is 199 Å². The molecule has 2 aromatic heterocycles. The highest BCUT2D eigenvalue weighted by atomic mass is 16.4. The third-order valence-electron chi connectivity index (χ3n) is 11.1. The lowest BCUT2D eigenvalue weighted by Crippen LogP contribution is -2.22. The molecule has 2 heterocycles. The van der Waals surface area contributed by atoms with Crippen LogP contribution in [-0.2, 0) is 5.41 Å². The van der Waals surface area contributed by atoms with Crippen LogP contribution in [0.5, 0.6) is 0 Å². The minimum atomic E-state index is -0.292. The van der Waals surface area contributed by atoms with Gasteiger partial charge in [-0.2, -0.15) is 0 Å². The van der Waals surface area contributed by atoms with E-state index in [0.29, 0.717) is 11.8 Å². The van der Waals surface area contributed by atoms with E-state index in [0.717, 1.165) is 66.7 Å². The molecular formula is C51H36N2O2. The zero-order valence-electron chi connectivity index (χ0n) is 30.6. The normalized spacial score (nSPS) is 14.8. The summed E-state index contributed by atoms with van der Waals surface area (Å²) in [5.41, 5.74) is 14.6. The molecule has 0 aliphatic heterocycles. The minimum absolute atomic E-state index is 0.292. The maximum Gasteiger partial charge on any atom is 0.227 e. The van der Waals surface area contributed by atoms with E-state index in [2.05, 4.69) is 141 Å². The van der Waals surface area contributed by atoms with E-state index in [1.165, 1.54) is 27.8 Å². The first-order chi connectivity index (χ1) is 27.0. The number of oxazole rings is 2. The van der Waals surface area contributed by atoms with Crippen molar-refractivity contribution in [1.29, 1.82) is 0 Å². The number of aryl methyl sites for hydroxylation is 1. The van der Waals surface area contributed by atoms with Crippen molar-refractivity contribution < 1.29 is 8.83 Å². The average molecular weight is 709 g/mol. The van der Waals surface area contributed by atoms with Gasteiger partial charge in [-0.3, -0.25) is 0 Å². The van der Waals surface area contributed by atoms with E-state index < -0.39 is 0 Å². The Bertz CT molecular complexity index is 2950. The van der Waals surface area contributed by atoms with Crippen LogP contribution in [0, 0.1) is 6.92 Å². The van der Waals surface area contributed by atoms with Gasteiger partial charge in [0.05, 0.1) is 0 Å². The summed E-state index contributed by atoms with van der Waals surface area (Å²) in [5.74, 6) is 1.80. The fourth-order valence-electron chi connectivity index (χ4n) is 8.34. The number of benzene rings is 7. The quantitative estimate of drug-likeness (QED) is 0.155. The molecule has 9 aromatic rings. The number of hydrogen-bond acceptors (Lipinski definition) is 4. The van der Waals surface area contributed by atoms with Gasteiger partial charge in [-0.15, -0.1) is 0 Å². The van der Waals surface area contributed by atoms with Crippen LogP contribution < -0.4 is 0 Å². The smallest absolute Gasteiger partial charge is 0.227 e. The molecule has 4 heteroatoms. The number of aromatic nitrogens is 2. The third-order valence-corrected chi connectivity index (χ3v) is 11.1. The van der Waals surface area contributed by atoms with Crippen LogP contribution in [0.25, 0.3) is 84.2 Å². The molecule has 10 rings (SSSR count). The number of rotatable bonds is 7. The van der Waals surface area contributed by atoms with Gasteiger partial charge in [0, 0.05) is 16.5 Å². The second-order valence-corrected chi connectivity index (χ2v) is 14.4. The van der Waals surface area contributed by atoms with Crippen molar-refractivity contribution in [3.8, 4) is 56.3 Å². The summed E-state index contributed by atoms with van der Waals surface area (Å²) in [6, 6.07) is 54.2. The van der Waals surface area contributed by atoms with E-state index >= 15 is 0 Å². The third kappa shape index (κ3) is 5.37. The molecule has 0 fully saturated rings. The van der Waals surface area contributed by atoms with Gasteiger partial charge >= 0.3 is 0 Å². The predicted molar refractivity (Wildman–Crippen MR) is 225 cm³/mol. The number of fused-ring (bicyclic) bond motifs is 5. The van der Waals surface area contributed by atoms with Crippen LogP contribution >= 0.6 is 0 Å². The van der Waals surface area contributed by atoms with Crippen LogP contribution in [0.15, 0.2) is 179 Å². The van der Waals surface area contributed by atoms with Gasteiger partial charge < -0.3 is 8.83 Å². The standard InChI is InChI=1S/C51H36N2O2/c1-4-5-21-46-32(2)54-49(52-46)37-27-36(28-38(29-37)50-53-47-22-13-14-23-48(47)55-50)43-30-35(26-34-15-9-10-18-40(34)43)33-24-25-42-41-19-11-12-20-44(41)51(3,45(42)31-33)39-16-7-6-8-17-39/h4-31H,1H2,2-3H3/b21-5-. The molecule has 1 aliphatic rings. The van der Waals surface area contributed by atoms with Gasteiger partial charge in [0.2, 0.25) is 11.8 Å². The average Bonchev–Trinajstić information content (AvgIpc) is 3.92. The predicted octanol–water partition coefficient (Wildman–Crippen LogP) is 13.5. The molecule has 262 valence electrons. The summed E-state index contributed by atoms with van der Waals surface area (Å²) in [6.07, 6.45) is 5.52. The molecule has 0 bridgehead atoms. The van der Waals surface area contributed by atoms with Crippen molar-refractivity contribution in [2.24, 2.45) is 0 Å². The molecule has 0 saturated carbocycles. The molecule has 1 atom stereocenters. The van der Waals surface area contributed by atoms with E-state index in [1.807, 2.05) is 43.3 Å². The summed E-state index contributed by atoms with van der Waals surface area (Å²) in [5, 5.41) is 2.30. The minimum Gasteiger partial charge on any atom is -0.441 e. The second kappa shape index (κ2) is 12.8. The summed E-state index contributed by atoms with van der Waals surface area (Å²) in [6.45, 7) is 8.11. The molecule has 0 radical (unpaired) electrons. The van der Waals surface area contributed by atoms with Gasteiger partial charge in [0.15, 0.2) is 5.58 Å². The van der Waals surface area contributed by atoms with Crippen LogP contribution in [0.4, 0.5) is 0 Å². The zero-order valence-corrected chi connectivity index (χ0v) is 30.6. The van der Waals surface area contributed by atoms with Crippen LogP contribution in [0.2, 0.25) is 0 Å². The van der Waals surface area contributed by atoms with Crippen LogP contribution in [0.3, 0.4) is 0 Å². The maximum absolute atomic E-state index is 6.34. The highest BCUT2D eigenvalue weighted by Gasteiger charge is 2.40. The first-order valence-corrected chi connectivity index (χ1v) is 18.6. The molecule has 7 aromatic carbocycles. The summed E-state index contributed by atoms with van der Waals surface area (Å²) < 4.78 is 12.6. The Balaban J connectivity index is 1.18. The monoisotopic (exact) mass is 708 g/mol. The molecule has 0 N–H and O–H groups in total. The summed E-state index contributed by atoms with van der Waals surface area (Å²) in [4.78, 5) is 9.79. The van der Waals surface area contributed by atoms with Crippen molar-refractivity contribution in [1.82, 2.24) is 9.97 Å². The second-order valence-electron chi connectivity index (χ2n) is 14.4. The molecule has 1 aliphatic carbocycles. The van der Waals surface area contributed by atoms with Gasteiger partial charge in [-0.25, -0.2) is 9.97 Å². The Morgan fingerprint density at radius 3 is 2.11 bits per heavy atom. The van der Waals surface area contributed by atoms with Gasteiger partial charge in [-0.1, -0.05) is 122 Å². The van der Waals surface area contributed by atoms with Gasteiger partial charge in [-0.05, 0) is 129 Å². The molecule has 0 saturated heterocycles. The number of hydrogen-bond donors (Lipinski definition) is 0. The van der Waals surface area contributed by atoms with Crippen molar-refractivity contribution in [3.63, 3.8) is 0 Å². The topological polar surface area (TPSA) is 52.1 Å². The largest absolute Gasteiger partial charge is 0.441 e. The van der Waals surface area contributed by atoms with Crippen molar-refractivity contribution in [2.45, 2.75) is 19.3 Å². The Hall–Kier alpha value is -7.04. The lowest BCUT2D eigenvalue weighted by molar-refractivity contribution is 0.542. The fraction of sp³-hybridized carbons (Fsp3) is 0.0588. The van der Waals surface area contributed by atoms with Crippen molar-refractivity contribution in [2.75, 3.05) is 0 Å². The molecule has 0 spiro atoms. The number of para-hydroxylation sites is 2. The van der Waals surface area contributed by atoms with Crippen LogP contribution in [-0.4, -0.2) is 9.97 Å². The van der Waals surface area contributed by atoms with E-state index in [9.17, 15) is 0 Å². The fourth-order valence-corrected chi connectivity index (χ4v) is 8.34. The summed E-state index contributed by atoms with van der Waals surface area (Å²) >= 11 is 0. The van der Waals surface area contributed by atoms with Crippen LogP contribution in [0.1, 0.15) is 35.1 Å². The lowest BCUT2D eigenvalue weighted by atomic mass is 9.74. The molecule has 0 amide bonds. The number of allylic oxidation sites excluding steroid dienone is 2. The van der Waals surface area contributed by atoms with E-state index in [4.69, 9.17) is 18.8 Å². The van der Waals surface area contributed by atoms with Gasteiger partial charge in [0.1, 0.15) is 17.0 Å². The van der Waals surface area contributed by atoms with Crippen molar-refractivity contribution >= 4 is 27.9 Å². The highest BCUT2D eigenvalue weighted by molar-refractivity contribution is 6.01. The molecule has 55 heavy (non-hydrogen) atoms. The molecule has 4 nitrogen and oxygen atoms in total. The Labute approximate surface area is 319 Å². The SMILES string of the molecule is C=C/C=C\c1nc(-c2cc(-c3nc4ccccc4o3)cc(-c3cc(-c4ccc5c(c4)C(C)(c4ccccc4)c4ccccc4-5)cc4ccccc34)c2)oc1C. The summed E-state index contributed by atoms with van der Waals surface area (Å²) in [7, 11) is 0. The Morgan fingerprint density at radius 1 is 0.564 bits per heavy atom. The molecular weight excluding hydrogens is 673 g/mol. The number of nitrogens with zero attached hydrogens (tertiary/aromatic N) is 2. The lowest BCUT2D eigenvalue weighted by Gasteiger charge is -2.28.